The van der Waals surface area contributed by atoms with Gasteiger partial charge in [0.1, 0.15) is 0 Å². The Bertz CT molecular complexity index is 557. The third kappa shape index (κ3) is 6.80. The quantitative estimate of drug-likeness (QED) is 0.824. The first-order valence-corrected chi connectivity index (χ1v) is 8.26. The fourth-order valence-electron chi connectivity index (χ4n) is 2.62. The van der Waals surface area contributed by atoms with Crippen LogP contribution < -0.4 is 15.5 Å². The highest BCUT2D eigenvalue weighted by molar-refractivity contribution is 5.88. The van der Waals surface area contributed by atoms with E-state index < -0.39 is 0 Å². The van der Waals surface area contributed by atoms with Crippen LogP contribution >= 0.6 is 12.4 Å². The molecule has 7 nitrogen and oxygen atoms in total. The van der Waals surface area contributed by atoms with E-state index in [1.807, 2.05) is 48.2 Å². The maximum Gasteiger partial charge on any atom is 0.317 e. The van der Waals surface area contributed by atoms with E-state index >= 15 is 0 Å². The van der Waals surface area contributed by atoms with Crippen LogP contribution in [0.2, 0.25) is 0 Å². The second-order valence-corrected chi connectivity index (χ2v) is 6.24. The van der Waals surface area contributed by atoms with Crippen LogP contribution in [0.1, 0.15) is 6.92 Å². The van der Waals surface area contributed by atoms with Crippen LogP contribution in [-0.4, -0.2) is 75.1 Å². The van der Waals surface area contributed by atoms with Crippen LogP contribution in [0.25, 0.3) is 0 Å². The number of nitrogens with zero attached hydrogens (tertiary/aromatic N) is 3. The number of nitrogens with one attached hydrogen (secondary N) is 2. The van der Waals surface area contributed by atoms with Crippen molar-refractivity contribution in [1.29, 1.82) is 0 Å². The number of hydrogen-bond donors (Lipinski definition) is 2. The van der Waals surface area contributed by atoms with Crippen molar-refractivity contribution in [2.24, 2.45) is 0 Å². The van der Waals surface area contributed by atoms with Gasteiger partial charge in [0, 0.05) is 57.6 Å². The molecule has 1 fully saturated rings. The number of urea groups is 1. The van der Waals surface area contributed by atoms with Gasteiger partial charge in [0.2, 0.25) is 5.91 Å². The van der Waals surface area contributed by atoms with Crippen LogP contribution in [0.3, 0.4) is 0 Å². The highest BCUT2D eigenvalue weighted by Gasteiger charge is 2.20. The Hall–Kier alpha value is -1.99. The van der Waals surface area contributed by atoms with Gasteiger partial charge >= 0.3 is 6.03 Å². The van der Waals surface area contributed by atoms with E-state index in [0.29, 0.717) is 19.6 Å². The second-order valence-electron chi connectivity index (χ2n) is 6.24. The summed E-state index contributed by atoms with van der Waals surface area (Å²) in [6.45, 7) is 6.03. The van der Waals surface area contributed by atoms with Crippen molar-refractivity contribution in [1.82, 2.24) is 15.1 Å². The Kier molecular flexibility index (Phi) is 8.51. The largest absolute Gasteiger partial charge is 0.368 e. The molecule has 1 aliphatic heterocycles. The standard InChI is InChI=1S/C17H27N5O2.ClH/c1-14(23)19-15-4-6-16(7-5-15)21-10-12-22(13-11-21)17(24)18-8-9-20(2)3;/h4-7H,8-13H2,1-3H3,(H,18,24)(H,19,23);1H. The number of carbonyl (C=O) groups is 2. The lowest BCUT2D eigenvalue weighted by Crippen LogP contribution is -2.52. The summed E-state index contributed by atoms with van der Waals surface area (Å²) in [5.74, 6) is -0.0726. The lowest BCUT2D eigenvalue weighted by Gasteiger charge is -2.36. The maximum absolute atomic E-state index is 12.1. The molecule has 0 aliphatic carbocycles. The molecule has 1 saturated heterocycles. The molecule has 0 bridgehead atoms. The van der Waals surface area contributed by atoms with E-state index in [0.717, 1.165) is 31.0 Å². The van der Waals surface area contributed by atoms with Crippen molar-refractivity contribution < 1.29 is 9.59 Å². The van der Waals surface area contributed by atoms with E-state index in [2.05, 4.69) is 15.5 Å². The summed E-state index contributed by atoms with van der Waals surface area (Å²) in [4.78, 5) is 29.3. The minimum absolute atomic E-state index is 0. The zero-order chi connectivity index (χ0) is 17.5. The summed E-state index contributed by atoms with van der Waals surface area (Å²) >= 11 is 0. The van der Waals surface area contributed by atoms with E-state index in [1.54, 1.807) is 0 Å². The van der Waals surface area contributed by atoms with Gasteiger partial charge in [-0.3, -0.25) is 4.79 Å². The average molecular weight is 370 g/mol. The molecular weight excluding hydrogens is 342 g/mol. The molecule has 2 N–H and O–H groups in total. The average Bonchev–Trinajstić information content (AvgIpc) is 2.55. The number of amides is 3. The van der Waals surface area contributed by atoms with E-state index in [-0.39, 0.29) is 24.3 Å². The normalized spacial score (nSPS) is 14.1. The molecule has 2 rings (SSSR count). The molecule has 0 unspecified atom stereocenters. The monoisotopic (exact) mass is 369 g/mol. The minimum Gasteiger partial charge on any atom is -0.368 e. The third-order valence-electron chi connectivity index (χ3n) is 3.95. The third-order valence-corrected chi connectivity index (χ3v) is 3.95. The zero-order valence-corrected chi connectivity index (χ0v) is 15.9. The fraction of sp³-hybridized carbons (Fsp3) is 0.529. The molecule has 1 aliphatic rings. The summed E-state index contributed by atoms with van der Waals surface area (Å²) in [7, 11) is 3.98. The van der Waals surface area contributed by atoms with Gasteiger partial charge in [0.05, 0.1) is 0 Å². The molecule has 0 aromatic heterocycles. The molecule has 0 spiro atoms. The number of carbonyl (C=O) groups excluding carboxylic acids is 2. The Morgan fingerprint density at radius 2 is 1.68 bits per heavy atom. The molecule has 8 heteroatoms. The van der Waals surface area contributed by atoms with E-state index in [9.17, 15) is 9.59 Å². The molecule has 140 valence electrons. The Balaban J connectivity index is 0.00000312. The number of piperazine rings is 1. The zero-order valence-electron chi connectivity index (χ0n) is 15.1. The van der Waals surface area contributed by atoms with E-state index in [4.69, 9.17) is 0 Å². The second kappa shape index (κ2) is 10.1. The number of likely N-dealkylation sites (N-methyl/N-ethyl adjacent to an activating group) is 1. The van der Waals surface area contributed by atoms with E-state index in [1.165, 1.54) is 6.92 Å². The Morgan fingerprint density at radius 1 is 1.08 bits per heavy atom. The lowest BCUT2D eigenvalue weighted by molar-refractivity contribution is -0.114. The molecule has 0 saturated carbocycles. The highest BCUT2D eigenvalue weighted by atomic mass is 35.5. The number of anilines is 2. The minimum atomic E-state index is -0.0726. The van der Waals surface area contributed by atoms with Gasteiger partial charge in [-0.15, -0.1) is 12.4 Å². The first kappa shape index (κ1) is 21.1. The van der Waals surface area contributed by atoms with Crippen LogP contribution in [-0.2, 0) is 4.79 Å². The van der Waals surface area contributed by atoms with Crippen molar-refractivity contribution >= 4 is 35.7 Å². The lowest BCUT2D eigenvalue weighted by atomic mass is 10.2. The predicted molar refractivity (Wildman–Crippen MR) is 104 cm³/mol. The molecule has 1 aromatic rings. The topological polar surface area (TPSA) is 67.9 Å². The Morgan fingerprint density at radius 3 is 2.20 bits per heavy atom. The highest BCUT2D eigenvalue weighted by Crippen LogP contribution is 2.19. The van der Waals surface area contributed by atoms with Gasteiger partial charge < -0.3 is 25.3 Å². The van der Waals surface area contributed by atoms with Crippen molar-refractivity contribution in [2.45, 2.75) is 6.92 Å². The predicted octanol–water partition coefficient (Wildman–Crippen LogP) is 1.46. The maximum atomic E-state index is 12.1. The summed E-state index contributed by atoms with van der Waals surface area (Å²) in [6, 6.07) is 7.81. The Labute approximate surface area is 155 Å². The van der Waals surface area contributed by atoms with Gasteiger partial charge in [0.15, 0.2) is 0 Å². The molecular formula is C17H28ClN5O2. The smallest absolute Gasteiger partial charge is 0.317 e. The summed E-state index contributed by atoms with van der Waals surface area (Å²) in [5.41, 5.74) is 1.90. The van der Waals surface area contributed by atoms with Gasteiger partial charge in [-0.1, -0.05) is 0 Å². The molecule has 3 amide bonds. The van der Waals surface area contributed by atoms with Crippen LogP contribution in [0.5, 0.6) is 0 Å². The van der Waals surface area contributed by atoms with Crippen molar-refractivity contribution in [3.05, 3.63) is 24.3 Å². The first-order valence-electron chi connectivity index (χ1n) is 8.26. The van der Waals surface area contributed by atoms with Gasteiger partial charge in [-0.25, -0.2) is 4.79 Å². The van der Waals surface area contributed by atoms with Crippen molar-refractivity contribution in [3.8, 4) is 0 Å². The molecule has 0 radical (unpaired) electrons. The van der Waals surface area contributed by atoms with Gasteiger partial charge in [-0.2, -0.15) is 0 Å². The van der Waals surface area contributed by atoms with Crippen molar-refractivity contribution in [2.75, 3.05) is 63.6 Å². The molecule has 1 aromatic carbocycles. The summed E-state index contributed by atoms with van der Waals surface area (Å²) in [5, 5.41) is 5.71. The van der Waals surface area contributed by atoms with Crippen LogP contribution in [0, 0.1) is 0 Å². The van der Waals surface area contributed by atoms with Gasteiger partial charge in [-0.05, 0) is 38.4 Å². The molecule has 1 heterocycles. The number of halogens is 1. The number of rotatable bonds is 5. The summed E-state index contributed by atoms with van der Waals surface area (Å²) < 4.78 is 0. The van der Waals surface area contributed by atoms with Crippen molar-refractivity contribution in [3.63, 3.8) is 0 Å². The van der Waals surface area contributed by atoms with Gasteiger partial charge in [0.25, 0.3) is 0 Å². The fourth-order valence-corrected chi connectivity index (χ4v) is 2.62. The van der Waals surface area contributed by atoms with Crippen LogP contribution in [0.15, 0.2) is 24.3 Å². The molecule has 0 atom stereocenters. The first-order chi connectivity index (χ1) is 11.5. The number of hydrogen-bond acceptors (Lipinski definition) is 4. The SMILES string of the molecule is CC(=O)Nc1ccc(N2CCN(C(=O)NCCN(C)C)CC2)cc1.Cl. The summed E-state index contributed by atoms with van der Waals surface area (Å²) in [6.07, 6.45) is 0. The molecule has 25 heavy (non-hydrogen) atoms. The number of benzene rings is 1. The van der Waals surface area contributed by atoms with Crippen LogP contribution in [0.4, 0.5) is 16.2 Å².